The van der Waals surface area contributed by atoms with Crippen LogP contribution >= 0.6 is 0 Å². The second-order valence-electron chi connectivity index (χ2n) is 4.38. The Labute approximate surface area is 116 Å². The fourth-order valence-corrected chi connectivity index (χ4v) is 1.57. The van der Waals surface area contributed by atoms with Crippen molar-refractivity contribution >= 4 is 0 Å². The maximum absolute atomic E-state index is 12.6. The Balaban J connectivity index is 2.98. The molecule has 0 aromatic heterocycles. The Kier molecular flexibility index (Phi) is 5.60. The molecule has 0 saturated heterocycles. The van der Waals surface area contributed by atoms with Crippen LogP contribution in [0.4, 0.5) is 26.3 Å². The molecule has 1 aromatic rings. The molecule has 0 aliphatic heterocycles. The van der Waals surface area contributed by atoms with Gasteiger partial charge >= 0.3 is 12.4 Å². The van der Waals surface area contributed by atoms with E-state index in [4.69, 9.17) is 10.2 Å². The van der Waals surface area contributed by atoms with Crippen molar-refractivity contribution in [2.24, 2.45) is 0 Å². The molecular weight excluding hydrogens is 304 g/mol. The predicted molar refractivity (Wildman–Crippen MR) is 61.2 cm³/mol. The Morgan fingerprint density at radius 3 is 1.81 bits per heavy atom. The largest absolute Gasteiger partial charge is 0.416 e. The Hall–Kier alpha value is -1.32. The van der Waals surface area contributed by atoms with Gasteiger partial charge in [0, 0.05) is 13.1 Å². The van der Waals surface area contributed by atoms with Gasteiger partial charge in [0.15, 0.2) is 0 Å². The average Bonchev–Trinajstić information content (AvgIpc) is 2.36. The molecule has 21 heavy (non-hydrogen) atoms. The lowest BCUT2D eigenvalue weighted by atomic mass is 10.0. The van der Waals surface area contributed by atoms with Gasteiger partial charge in [-0.3, -0.25) is 0 Å². The monoisotopic (exact) mass is 317 g/mol. The summed E-state index contributed by atoms with van der Waals surface area (Å²) in [5.74, 6) is 0. The second kappa shape index (κ2) is 6.63. The van der Waals surface area contributed by atoms with Gasteiger partial charge in [0.25, 0.3) is 0 Å². The number of nitrogens with one attached hydrogen (secondary N) is 1. The van der Waals surface area contributed by atoms with Crippen molar-refractivity contribution < 1.29 is 36.6 Å². The van der Waals surface area contributed by atoms with Crippen molar-refractivity contribution in [1.29, 1.82) is 0 Å². The molecule has 0 radical (unpaired) electrons. The number of rotatable bonds is 5. The fourth-order valence-electron chi connectivity index (χ4n) is 1.57. The van der Waals surface area contributed by atoms with Crippen LogP contribution in [0.25, 0.3) is 0 Å². The average molecular weight is 317 g/mol. The molecular formula is C12H13F6NO2. The highest BCUT2D eigenvalue weighted by Crippen LogP contribution is 2.36. The first-order valence-corrected chi connectivity index (χ1v) is 5.82. The van der Waals surface area contributed by atoms with Gasteiger partial charge in [-0.2, -0.15) is 26.3 Å². The third-order valence-electron chi connectivity index (χ3n) is 2.57. The Morgan fingerprint density at radius 2 is 1.43 bits per heavy atom. The number of aliphatic hydroxyl groups excluding tert-OH is 2. The van der Waals surface area contributed by atoms with Gasteiger partial charge < -0.3 is 15.5 Å². The zero-order chi connectivity index (χ0) is 16.3. The zero-order valence-electron chi connectivity index (χ0n) is 10.6. The normalized spacial score (nSPS) is 14.3. The zero-order valence-corrected chi connectivity index (χ0v) is 10.6. The summed E-state index contributed by atoms with van der Waals surface area (Å²) in [5.41, 5.74) is -3.00. The molecule has 9 heteroatoms. The summed E-state index contributed by atoms with van der Waals surface area (Å²) in [6.07, 6.45) is -10.9. The molecule has 3 N–H and O–H groups in total. The number of hydrogen-bond donors (Lipinski definition) is 3. The van der Waals surface area contributed by atoms with Gasteiger partial charge in [-0.1, -0.05) is 0 Å². The molecule has 1 atom stereocenters. The number of alkyl halides is 6. The van der Waals surface area contributed by atoms with E-state index >= 15 is 0 Å². The Morgan fingerprint density at radius 1 is 0.952 bits per heavy atom. The predicted octanol–water partition coefficient (Wildman–Crippen LogP) is 2.17. The lowest BCUT2D eigenvalue weighted by molar-refractivity contribution is -0.143. The molecule has 0 aliphatic rings. The van der Waals surface area contributed by atoms with E-state index in [9.17, 15) is 26.3 Å². The van der Waals surface area contributed by atoms with E-state index in [0.29, 0.717) is 12.1 Å². The van der Waals surface area contributed by atoms with Crippen LogP contribution in [0.5, 0.6) is 0 Å². The van der Waals surface area contributed by atoms with E-state index in [-0.39, 0.29) is 24.7 Å². The minimum Gasteiger partial charge on any atom is -0.394 e. The van der Waals surface area contributed by atoms with Crippen molar-refractivity contribution in [3.8, 4) is 0 Å². The summed E-state index contributed by atoms with van der Waals surface area (Å²) in [5, 5.41) is 20.0. The molecule has 0 spiro atoms. The van der Waals surface area contributed by atoms with Gasteiger partial charge in [-0.15, -0.1) is 0 Å². The van der Waals surface area contributed by atoms with Crippen molar-refractivity contribution in [1.82, 2.24) is 5.32 Å². The number of benzene rings is 1. The first-order valence-electron chi connectivity index (χ1n) is 5.82. The van der Waals surface area contributed by atoms with E-state index in [1.807, 2.05) is 0 Å². The first kappa shape index (κ1) is 17.7. The highest BCUT2D eigenvalue weighted by Gasteiger charge is 2.36. The van der Waals surface area contributed by atoms with E-state index in [1.54, 1.807) is 0 Å². The summed E-state index contributed by atoms with van der Waals surface area (Å²) in [6, 6.07) is 1.26. The molecule has 0 aliphatic carbocycles. The first-order chi connectivity index (χ1) is 9.54. The lowest BCUT2D eigenvalue weighted by Crippen LogP contribution is -2.29. The summed E-state index contributed by atoms with van der Waals surface area (Å²) in [4.78, 5) is 0. The van der Waals surface area contributed by atoms with Crippen molar-refractivity contribution in [2.45, 2.75) is 25.0 Å². The fraction of sp³-hybridized carbons (Fsp3) is 0.500. The van der Waals surface area contributed by atoms with E-state index < -0.39 is 36.2 Å². The number of halogens is 6. The van der Waals surface area contributed by atoms with Crippen LogP contribution in [0.15, 0.2) is 18.2 Å². The van der Waals surface area contributed by atoms with Crippen LogP contribution in [-0.2, 0) is 18.9 Å². The molecule has 0 fully saturated rings. The van der Waals surface area contributed by atoms with E-state index in [1.165, 1.54) is 0 Å². The molecule has 1 unspecified atom stereocenters. The molecule has 3 nitrogen and oxygen atoms in total. The van der Waals surface area contributed by atoms with Crippen molar-refractivity contribution in [3.63, 3.8) is 0 Å². The van der Waals surface area contributed by atoms with Crippen LogP contribution in [-0.4, -0.2) is 29.5 Å². The molecule has 120 valence electrons. The summed E-state index contributed by atoms with van der Waals surface area (Å²) in [7, 11) is 0. The third kappa shape index (κ3) is 5.52. The van der Waals surface area contributed by atoms with Crippen LogP contribution in [0.3, 0.4) is 0 Å². The van der Waals surface area contributed by atoms with E-state index in [0.717, 1.165) is 0 Å². The molecule has 0 bridgehead atoms. The standard InChI is InChI=1S/C12H13F6NO2/c13-11(14,15)8-1-7(4-19-5-10(21)6-20)2-9(3-8)12(16,17)18/h1-3,10,19-21H,4-6H2. The highest BCUT2D eigenvalue weighted by atomic mass is 19.4. The topological polar surface area (TPSA) is 52.5 Å². The minimum absolute atomic E-state index is 0.0477. The smallest absolute Gasteiger partial charge is 0.394 e. The lowest BCUT2D eigenvalue weighted by Gasteiger charge is -2.15. The van der Waals surface area contributed by atoms with Gasteiger partial charge in [0.1, 0.15) is 0 Å². The van der Waals surface area contributed by atoms with Crippen LogP contribution in [0, 0.1) is 0 Å². The summed E-state index contributed by atoms with van der Waals surface area (Å²) < 4.78 is 75.5. The second-order valence-corrected chi connectivity index (χ2v) is 4.38. The number of hydrogen-bond acceptors (Lipinski definition) is 3. The van der Waals surface area contributed by atoms with E-state index in [2.05, 4.69) is 5.32 Å². The third-order valence-corrected chi connectivity index (χ3v) is 2.57. The summed E-state index contributed by atoms with van der Waals surface area (Å²) >= 11 is 0. The molecule has 1 aromatic carbocycles. The van der Waals surface area contributed by atoms with Crippen molar-refractivity contribution in [2.75, 3.05) is 13.2 Å². The van der Waals surface area contributed by atoms with Gasteiger partial charge in [-0.05, 0) is 23.8 Å². The molecule has 1 rings (SSSR count). The maximum atomic E-state index is 12.6. The van der Waals surface area contributed by atoms with Gasteiger partial charge in [0.05, 0.1) is 23.8 Å². The molecule has 0 heterocycles. The quantitative estimate of drug-likeness (QED) is 0.730. The maximum Gasteiger partial charge on any atom is 0.416 e. The molecule has 0 saturated carbocycles. The van der Waals surface area contributed by atoms with Crippen LogP contribution in [0.2, 0.25) is 0 Å². The van der Waals surface area contributed by atoms with Crippen LogP contribution < -0.4 is 5.32 Å². The van der Waals surface area contributed by atoms with Crippen molar-refractivity contribution in [3.05, 3.63) is 34.9 Å². The Bertz CT molecular complexity index is 440. The molecule has 0 amide bonds. The SMILES string of the molecule is OCC(O)CNCc1cc(C(F)(F)F)cc(C(F)(F)F)c1. The van der Waals surface area contributed by atoms with Gasteiger partial charge in [0.2, 0.25) is 0 Å². The minimum atomic E-state index is -4.89. The summed E-state index contributed by atoms with van der Waals surface area (Å²) in [6.45, 7) is -1.03. The van der Waals surface area contributed by atoms with Crippen LogP contribution in [0.1, 0.15) is 16.7 Å². The highest BCUT2D eigenvalue weighted by molar-refractivity contribution is 5.33. The van der Waals surface area contributed by atoms with Gasteiger partial charge in [-0.25, -0.2) is 0 Å². The number of aliphatic hydroxyl groups is 2.